The van der Waals surface area contributed by atoms with Crippen molar-refractivity contribution in [3.63, 3.8) is 0 Å². The summed E-state index contributed by atoms with van der Waals surface area (Å²) >= 11 is 0. The van der Waals surface area contributed by atoms with E-state index in [1.807, 2.05) is 54.7 Å². The van der Waals surface area contributed by atoms with Crippen molar-refractivity contribution in [3.8, 4) is 0 Å². The van der Waals surface area contributed by atoms with Gasteiger partial charge in [0, 0.05) is 12.2 Å². The molecule has 0 aromatic carbocycles. The van der Waals surface area contributed by atoms with Gasteiger partial charge < -0.3 is 16.8 Å². The Balaban J connectivity index is 2.83. The molecule has 0 atom stereocenters. The van der Waals surface area contributed by atoms with E-state index in [1.54, 1.807) is 6.08 Å². The summed E-state index contributed by atoms with van der Waals surface area (Å²) in [6.45, 7) is 0.379. The third-order valence-corrected chi connectivity index (χ3v) is 2.29. The van der Waals surface area contributed by atoms with Gasteiger partial charge in [-0.25, -0.2) is 0 Å². The number of hydrogen-bond acceptors (Lipinski definition) is 3. The van der Waals surface area contributed by atoms with E-state index in [2.05, 4.69) is 5.32 Å². The first-order valence-corrected chi connectivity index (χ1v) is 6.03. The Bertz CT molecular complexity index is 480. The first-order chi connectivity index (χ1) is 9.22. The molecule has 0 heterocycles. The van der Waals surface area contributed by atoms with Crippen LogP contribution in [0.3, 0.4) is 0 Å². The maximum Gasteiger partial charge on any atom is 0.234 e. The number of nitrogens with two attached hydrogens (primary N) is 2. The van der Waals surface area contributed by atoms with Crippen LogP contribution in [-0.2, 0) is 4.79 Å². The van der Waals surface area contributed by atoms with Gasteiger partial charge in [-0.2, -0.15) is 0 Å². The first kappa shape index (κ1) is 14.7. The van der Waals surface area contributed by atoms with Crippen LogP contribution >= 0.6 is 0 Å². The van der Waals surface area contributed by atoms with E-state index in [9.17, 15) is 4.79 Å². The lowest BCUT2D eigenvalue weighted by atomic mass is 10.2. The van der Waals surface area contributed by atoms with Crippen molar-refractivity contribution in [3.05, 3.63) is 72.0 Å². The van der Waals surface area contributed by atoms with Crippen molar-refractivity contribution >= 4 is 5.91 Å². The standard InChI is InChI=1S/C15H19N3O/c16-11-15(19)18-12-13-8-6-4-2-1-3-5-7-9-14(17)10-13/h1-10H,11-12,16-17H2,(H,18,19)/b2-1-,3-1?,4-2?,5-3-,6-4-,7-5?,8-6?,9-7-,13-8+,13-10?,14-9?,14-10+. The number of amides is 1. The number of hydrogen-bond donors (Lipinski definition) is 3. The average Bonchev–Trinajstić information content (AvgIpc) is 2.40. The van der Waals surface area contributed by atoms with E-state index < -0.39 is 0 Å². The molecule has 0 radical (unpaired) electrons. The van der Waals surface area contributed by atoms with Crippen molar-refractivity contribution < 1.29 is 4.79 Å². The van der Waals surface area contributed by atoms with Crippen molar-refractivity contribution in [2.45, 2.75) is 0 Å². The second-order valence-corrected chi connectivity index (χ2v) is 3.88. The molecule has 0 aromatic rings. The summed E-state index contributed by atoms with van der Waals surface area (Å²) in [5, 5.41) is 2.71. The van der Waals surface area contributed by atoms with Crippen LogP contribution in [0.25, 0.3) is 0 Å². The molecule has 0 aliphatic heterocycles. The molecule has 0 fully saturated rings. The number of nitrogens with one attached hydrogen (secondary N) is 1. The molecule has 1 aliphatic carbocycles. The maximum absolute atomic E-state index is 11.1. The third-order valence-electron chi connectivity index (χ3n) is 2.29. The number of rotatable bonds is 3. The molecular formula is C15H19N3O. The fourth-order valence-electron chi connectivity index (χ4n) is 1.36. The summed E-state index contributed by atoms with van der Waals surface area (Å²) in [6, 6.07) is 0. The highest BCUT2D eigenvalue weighted by atomic mass is 16.1. The fraction of sp³-hybridized carbons (Fsp3) is 0.133. The van der Waals surface area contributed by atoms with Crippen LogP contribution in [0, 0.1) is 0 Å². The molecule has 0 unspecified atom stereocenters. The molecular weight excluding hydrogens is 238 g/mol. The molecule has 0 saturated carbocycles. The van der Waals surface area contributed by atoms with E-state index in [0.717, 1.165) is 5.57 Å². The highest BCUT2D eigenvalue weighted by Gasteiger charge is 1.98. The molecule has 4 nitrogen and oxygen atoms in total. The van der Waals surface area contributed by atoms with Crippen LogP contribution in [0.1, 0.15) is 0 Å². The summed E-state index contributed by atoms with van der Waals surface area (Å²) in [5.74, 6) is -0.193. The smallest absolute Gasteiger partial charge is 0.234 e. The Morgan fingerprint density at radius 1 is 1.05 bits per heavy atom. The minimum absolute atomic E-state index is 0.0181. The first-order valence-electron chi connectivity index (χ1n) is 6.03. The Labute approximate surface area is 113 Å². The molecule has 1 rings (SSSR count). The van der Waals surface area contributed by atoms with Gasteiger partial charge in [0.1, 0.15) is 0 Å². The summed E-state index contributed by atoms with van der Waals surface area (Å²) in [5.41, 5.74) is 12.6. The van der Waals surface area contributed by atoms with Gasteiger partial charge in [0.2, 0.25) is 5.91 Å². The zero-order chi connectivity index (χ0) is 13.9. The second kappa shape index (κ2) is 8.72. The highest BCUT2D eigenvalue weighted by Crippen LogP contribution is 2.01. The number of carbonyl (C=O) groups is 1. The SMILES string of the molecule is NCC(=O)NCC1=C/C=C\C=C/C=C\C=C/C(N)=C\1. The molecule has 0 spiro atoms. The Morgan fingerprint density at radius 3 is 2.37 bits per heavy atom. The van der Waals surface area contributed by atoms with E-state index in [-0.39, 0.29) is 12.5 Å². The molecule has 0 bridgehead atoms. The van der Waals surface area contributed by atoms with Crippen molar-refractivity contribution in [1.82, 2.24) is 5.32 Å². The van der Waals surface area contributed by atoms with Gasteiger partial charge in [-0.3, -0.25) is 4.79 Å². The fourth-order valence-corrected chi connectivity index (χ4v) is 1.36. The van der Waals surface area contributed by atoms with Gasteiger partial charge in [0.25, 0.3) is 0 Å². The van der Waals surface area contributed by atoms with Crippen LogP contribution in [-0.4, -0.2) is 19.0 Å². The van der Waals surface area contributed by atoms with Crippen molar-refractivity contribution in [1.29, 1.82) is 0 Å². The second-order valence-electron chi connectivity index (χ2n) is 3.88. The molecule has 0 aromatic heterocycles. The summed E-state index contributed by atoms with van der Waals surface area (Å²) < 4.78 is 0. The Hall–Kier alpha value is -2.33. The van der Waals surface area contributed by atoms with Gasteiger partial charge in [0.05, 0.1) is 6.54 Å². The quantitative estimate of drug-likeness (QED) is 0.707. The Morgan fingerprint density at radius 2 is 1.68 bits per heavy atom. The molecule has 1 aliphatic rings. The molecule has 1 amide bonds. The van der Waals surface area contributed by atoms with Gasteiger partial charge in [-0.15, -0.1) is 0 Å². The predicted octanol–water partition coefficient (Wildman–Crippen LogP) is 1.07. The zero-order valence-electron chi connectivity index (χ0n) is 10.8. The zero-order valence-corrected chi connectivity index (χ0v) is 10.8. The van der Waals surface area contributed by atoms with Crippen molar-refractivity contribution in [2.24, 2.45) is 11.5 Å². The normalized spacial score (nSPS) is 27.4. The minimum Gasteiger partial charge on any atom is -0.399 e. The topological polar surface area (TPSA) is 81.1 Å². The van der Waals surface area contributed by atoms with Crippen LogP contribution in [0.2, 0.25) is 0 Å². The lowest BCUT2D eigenvalue weighted by molar-refractivity contribution is -0.119. The predicted molar refractivity (Wildman–Crippen MR) is 79.0 cm³/mol. The molecule has 19 heavy (non-hydrogen) atoms. The summed E-state index contributed by atoms with van der Waals surface area (Å²) in [4.78, 5) is 11.1. The number of allylic oxidation sites excluding steroid dienone is 9. The van der Waals surface area contributed by atoms with Gasteiger partial charge in [-0.1, -0.05) is 48.6 Å². The highest BCUT2D eigenvalue weighted by molar-refractivity contribution is 5.78. The van der Waals surface area contributed by atoms with E-state index >= 15 is 0 Å². The Kier molecular flexibility index (Phi) is 6.76. The molecule has 4 heteroatoms. The molecule has 0 saturated heterocycles. The van der Waals surface area contributed by atoms with Crippen LogP contribution in [0.15, 0.2) is 72.0 Å². The van der Waals surface area contributed by atoms with Crippen LogP contribution in [0.5, 0.6) is 0 Å². The van der Waals surface area contributed by atoms with Crippen LogP contribution in [0.4, 0.5) is 0 Å². The minimum atomic E-state index is -0.193. The van der Waals surface area contributed by atoms with E-state index in [4.69, 9.17) is 11.5 Å². The monoisotopic (exact) mass is 257 g/mol. The van der Waals surface area contributed by atoms with Crippen LogP contribution < -0.4 is 16.8 Å². The largest absolute Gasteiger partial charge is 0.399 e. The molecule has 100 valence electrons. The van der Waals surface area contributed by atoms with Gasteiger partial charge >= 0.3 is 0 Å². The van der Waals surface area contributed by atoms with Crippen molar-refractivity contribution in [2.75, 3.05) is 13.1 Å². The van der Waals surface area contributed by atoms with E-state index in [0.29, 0.717) is 12.2 Å². The third kappa shape index (κ3) is 6.85. The average molecular weight is 257 g/mol. The number of carbonyl (C=O) groups excluding carboxylic acids is 1. The van der Waals surface area contributed by atoms with E-state index in [1.165, 1.54) is 0 Å². The van der Waals surface area contributed by atoms with Gasteiger partial charge in [0.15, 0.2) is 0 Å². The lowest BCUT2D eigenvalue weighted by Crippen LogP contribution is -2.31. The van der Waals surface area contributed by atoms with Gasteiger partial charge in [-0.05, 0) is 17.7 Å². The maximum atomic E-state index is 11.1. The summed E-state index contributed by atoms with van der Waals surface area (Å²) in [6.07, 6.45) is 18.8. The lowest BCUT2D eigenvalue weighted by Gasteiger charge is -2.05. The summed E-state index contributed by atoms with van der Waals surface area (Å²) in [7, 11) is 0. The molecule has 5 N–H and O–H groups in total.